The van der Waals surface area contributed by atoms with Gasteiger partial charge >= 0.3 is 0 Å². The highest BCUT2D eigenvalue weighted by Gasteiger charge is 2.14. The Bertz CT molecular complexity index is 863. The van der Waals surface area contributed by atoms with Crippen molar-refractivity contribution in [2.75, 3.05) is 18.6 Å². The quantitative estimate of drug-likeness (QED) is 0.608. The van der Waals surface area contributed by atoms with Crippen LogP contribution in [0.1, 0.15) is 19.3 Å². The van der Waals surface area contributed by atoms with Gasteiger partial charge in [-0.3, -0.25) is 4.79 Å². The van der Waals surface area contributed by atoms with E-state index in [0.29, 0.717) is 31.0 Å². The first-order valence-electron chi connectivity index (χ1n) is 8.03. The van der Waals surface area contributed by atoms with Crippen molar-refractivity contribution in [1.29, 1.82) is 0 Å². The molecule has 8 heteroatoms. The van der Waals surface area contributed by atoms with E-state index in [0.717, 1.165) is 23.4 Å². The van der Waals surface area contributed by atoms with Crippen LogP contribution in [0.15, 0.2) is 36.8 Å². The number of aromatic nitrogens is 4. The number of anilines is 2. The molecule has 3 rings (SSSR count). The Kier molecular flexibility index (Phi) is 5.08. The number of ether oxygens (including phenoxy) is 1. The van der Waals surface area contributed by atoms with Gasteiger partial charge in [-0.15, -0.1) is 0 Å². The van der Waals surface area contributed by atoms with Gasteiger partial charge in [0.05, 0.1) is 19.6 Å². The average molecular weight is 340 g/mol. The van der Waals surface area contributed by atoms with Crippen molar-refractivity contribution in [2.45, 2.75) is 19.3 Å². The minimum absolute atomic E-state index is 0.290. The third-order valence-electron chi connectivity index (χ3n) is 3.82. The van der Waals surface area contributed by atoms with Crippen LogP contribution in [0.5, 0.6) is 5.75 Å². The van der Waals surface area contributed by atoms with Gasteiger partial charge in [-0.25, -0.2) is 9.97 Å². The van der Waals surface area contributed by atoms with Crippen molar-refractivity contribution in [1.82, 2.24) is 19.9 Å². The summed E-state index contributed by atoms with van der Waals surface area (Å²) < 4.78 is 5.31. The molecule has 0 spiro atoms. The fraction of sp³-hybridized carbons (Fsp3) is 0.294. The van der Waals surface area contributed by atoms with Crippen molar-refractivity contribution in [3.05, 3.63) is 36.8 Å². The third kappa shape index (κ3) is 4.03. The van der Waals surface area contributed by atoms with Gasteiger partial charge < -0.3 is 20.4 Å². The minimum Gasteiger partial charge on any atom is -0.497 e. The molecular weight excluding hydrogens is 320 g/mol. The Balaban J connectivity index is 1.88. The number of fused-ring (bicyclic) bond motifs is 1. The van der Waals surface area contributed by atoms with Crippen molar-refractivity contribution < 1.29 is 9.53 Å². The lowest BCUT2D eigenvalue weighted by molar-refractivity contribution is -0.118. The summed E-state index contributed by atoms with van der Waals surface area (Å²) in [5, 5.41) is 0. The summed E-state index contributed by atoms with van der Waals surface area (Å²) in [7, 11) is 1.63. The lowest BCUT2D eigenvalue weighted by Gasteiger charge is -2.23. The SMILES string of the molecule is COc1cccc(N(CCCCC(N)=O)c2ncc3[nH]cnc3n2)c1. The predicted molar refractivity (Wildman–Crippen MR) is 94.7 cm³/mol. The highest BCUT2D eigenvalue weighted by molar-refractivity contribution is 5.73. The van der Waals surface area contributed by atoms with E-state index in [9.17, 15) is 4.79 Å². The lowest BCUT2D eigenvalue weighted by atomic mass is 10.2. The molecule has 1 amide bonds. The van der Waals surface area contributed by atoms with Crippen molar-refractivity contribution in [3.63, 3.8) is 0 Å². The molecule has 0 unspecified atom stereocenters. The molecule has 0 saturated heterocycles. The molecule has 3 aromatic rings. The van der Waals surface area contributed by atoms with Crippen LogP contribution in [0.2, 0.25) is 0 Å². The number of benzene rings is 1. The molecule has 0 saturated carbocycles. The number of unbranched alkanes of at least 4 members (excludes halogenated alkanes) is 1. The minimum atomic E-state index is -0.290. The smallest absolute Gasteiger partial charge is 0.232 e. The van der Waals surface area contributed by atoms with E-state index in [-0.39, 0.29) is 5.91 Å². The molecule has 0 aliphatic rings. The molecular formula is C17H20N6O2. The van der Waals surface area contributed by atoms with E-state index in [1.807, 2.05) is 29.2 Å². The van der Waals surface area contributed by atoms with Crippen LogP contribution >= 0.6 is 0 Å². The number of rotatable bonds is 8. The molecule has 0 fully saturated rings. The number of aromatic amines is 1. The summed E-state index contributed by atoms with van der Waals surface area (Å²) in [5.74, 6) is 1.01. The number of carbonyl (C=O) groups excluding carboxylic acids is 1. The van der Waals surface area contributed by atoms with Crippen LogP contribution < -0.4 is 15.4 Å². The topological polar surface area (TPSA) is 110 Å². The fourth-order valence-electron chi connectivity index (χ4n) is 2.55. The number of imidazole rings is 1. The summed E-state index contributed by atoms with van der Waals surface area (Å²) in [6.45, 7) is 0.649. The first-order valence-corrected chi connectivity index (χ1v) is 8.03. The molecule has 130 valence electrons. The molecule has 1 aromatic carbocycles. The van der Waals surface area contributed by atoms with Crippen molar-refractivity contribution in [3.8, 4) is 5.75 Å². The number of amides is 1. The largest absolute Gasteiger partial charge is 0.497 e. The molecule has 3 N–H and O–H groups in total. The monoisotopic (exact) mass is 340 g/mol. The van der Waals surface area contributed by atoms with E-state index in [4.69, 9.17) is 10.5 Å². The number of nitrogens with one attached hydrogen (secondary N) is 1. The number of H-pyrrole nitrogens is 1. The molecule has 0 bridgehead atoms. The first-order chi connectivity index (χ1) is 12.2. The summed E-state index contributed by atoms with van der Waals surface area (Å²) in [6.07, 6.45) is 5.15. The number of carbonyl (C=O) groups is 1. The van der Waals surface area contributed by atoms with Gasteiger partial charge in [0, 0.05) is 24.7 Å². The maximum absolute atomic E-state index is 10.9. The van der Waals surface area contributed by atoms with E-state index in [1.54, 1.807) is 19.6 Å². The highest BCUT2D eigenvalue weighted by atomic mass is 16.5. The van der Waals surface area contributed by atoms with Crippen LogP contribution in [0.25, 0.3) is 11.2 Å². The second-order valence-electron chi connectivity index (χ2n) is 5.59. The zero-order valence-corrected chi connectivity index (χ0v) is 14.0. The standard InChI is InChI=1S/C17H20N6O2/c1-25-13-6-4-5-12(9-13)23(8-3-2-7-15(18)24)17-19-10-14-16(22-17)21-11-20-14/h4-6,9-11H,2-3,7-8H2,1H3,(H2,18,24)(H,19,20,21,22). The number of nitrogens with two attached hydrogens (primary N) is 1. The maximum Gasteiger partial charge on any atom is 0.232 e. The predicted octanol–water partition coefficient (Wildman–Crippen LogP) is 2.16. The van der Waals surface area contributed by atoms with E-state index in [1.165, 1.54) is 0 Å². The number of nitrogens with zero attached hydrogens (tertiary/aromatic N) is 4. The van der Waals surface area contributed by atoms with Crippen LogP contribution in [0.4, 0.5) is 11.6 Å². The second kappa shape index (κ2) is 7.61. The van der Waals surface area contributed by atoms with Gasteiger partial charge in [0.2, 0.25) is 11.9 Å². The third-order valence-corrected chi connectivity index (χ3v) is 3.82. The maximum atomic E-state index is 10.9. The zero-order valence-electron chi connectivity index (χ0n) is 14.0. The lowest BCUT2D eigenvalue weighted by Crippen LogP contribution is -2.21. The fourth-order valence-corrected chi connectivity index (χ4v) is 2.55. The van der Waals surface area contributed by atoms with Gasteiger partial charge in [0.15, 0.2) is 5.65 Å². The van der Waals surface area contributed by atoms with Gasteiger partial charge in [0.1, 0.15) is 11.3 Å². The Hall–Kier alpha value is -3.16. The summed E-state index contributed by atoms with van der Waals surface area (Å²) >= 11 is 0. The molecule has 0 atom stereocenters. The van der Waals surface area contributed by atoms with E-state index >= 15 is 0 Å². The summed E-state index contributed by atoms with van der Waals surface area (Å²) in [6, 6.07) is 7.69. The van der Waals surface area contributed by atoms with Gasteiger partial charge in [-0.1, -0.05) is 6.07 Å². The van der Waals surface area contributed by atoms with Crippen LogP contribution in [0, 0.1) is 0 Å². The number of primary amides is 1. The average Bonchev–Trinajstić information content (AvgIpc) is 3.09. The van der Waals surface area contributed by atoms with E-state index in [2.05, 4.69) is 19.9 Å². The molecule has 8 nitrogen and oxygen atoms in total. The van der Waals surface area contributed by atoms with Gasteiger partial charge in [-0.05, 0) is 25.0 Å². The summed E-state index contributed by atoms with van der Waals surface area (Å²) in [5.41, 5.74) is 7.51. The van der Waals surface area contributed by atoms with E-state index < -0.39 is 0 Å². The van der Waals surface area contributed by atoms with Crippen LogP contribution in [-0.4, -0.2) is 39.5 Å². The molecule has 25 heavy (non-hydrogen) atoms. The molecule has 0 aliphatic heterocycles. The molecule has 2 aromatic heterocycles. The van der Waals surface area contributed by atoms with Gasteiger partial charge in [-0.2, -0.15) is 4.98 Å². The number of methoxy groups -OCH3 is 1. The zero-order chi connectivity index (χ0) is 17.6. The Morgan fingerprint density at radius 1 is 1.32 bits per heavy atom. The highest BCUT2D eigenvalue weighted by Crippen LogP contribution is 2.27. The number of hydrogen-bond acceptors (Lipinski definition) is 6. The van der Waals surface area contributed by atoms with Crippen LogP contribution in [0.3, 0.4) is 0 Å². The molecule has 0 radical (unpaired) electrons. The Morgan fingerprint density at radius 3 is 3.00 bits per heavy atom. The normalized spacial score (nSPS) is 10.8. The van der Waals surface area contributed by atoms with Crippen LogP contribution in [-0.2, 0) is 4.79 Å². The van der Waals surface area contributed by atoms with Crippen molar-refractivity contribution in [2.24, 2.45) is 5.73 Å². The van der Waals surface area contributed by atoms with Gasteiger partial charge in [0.25, 0.3) is 0 Å². The second-order valence-corrected chi connectivity index (χ2v) is 5.59. The Morgan fingerprint density at radius 2 is 2.20 bits per heavy atom. The van der Waals surface area contributed by atoms with Crippen molar-refractivity contribution >= 4 is 28.7 Å². The number of hydrogen-bond donors (Lipinski definition) is 2. The summed E-state index contributed by atoms with van der Waals surface area (Å²) in [4.78, 5) is 29.1. The Labute approximate surface area is 145 Å². The molecule has 2 heterocycles. The molecule has 0 aliphatic carbocycles. The first kappa shape index (κ1) is 16.7.